The van der Waals surface area contributed by atoms with Gasteiger partial charge in [0.05, 0.1) is 29.1 Å². The summed E-state index contributed by atoms with van der Waals surface area (Å²) in [5, 5.41) is 3.64. The fourth-order valence-electron chi connectivity index (χ4n) is 6.72. The van der Waals surface area contributed by atoms with Crippen LogP contribution >= 0.6 is 11.6 Å². The van der Waals surface area contributed by atoms with Crippen molar-refractivity contribution in [3.8, 4) is 0 Å². The zero-order chi connectivity index (χ0) is 41.2. The van der Waals surface area contributed by atoms with Crippen molar-refractivity contribution in [2.24, 2.45) is 5.92 Å². The fraction of sp³-hybridized carbons (Fsp3) is 0.744. The number of halogens is 1. The molecule has 0 saturated heterocycles. The molecule has 1 saturated carbocycles. The Morgan fingerprint density at radius 1 is 0.963 bits per heavy atom. The van der Waals surface area contributed by atoms with Gasteiger partial charge in [-0.2, -0.15) is 0 Å². The number of benzene rings is 1. The van der Waals surface area contributed by atoms with E-state index in [1.54, 1.807) is 24.3 Å². The molecule has 11 heteroatoms. The first-order chi connectivity index (χ1) is 24.8. The second-order valence-corrected chi connectivity index (χ2v) is 31.8. The predicted molar refractivity (Wildman–Crippen MR) is 233 cm³/mol. The zero-order valence-electron chi connectivity index (χ0n) is 36.3. The summed E-state index contributed by atoms with van der Waals surface area (Å²) in [7, 11) is -7.16. The van der Waals surface area contributed by atoms with E-state index in [4.69, 9.17) is 25.2 Å². The monoisotopic (exact) mass is 825 g/mol. The van der Waals surface area contributed by atoms with Crippen LogP contribution in [0.3, 0.4) is 0 Å². The average Bonchev–Trinajstić information content (AvgIpc) is 3.35. The van der Waals surface area contributed by atoms with Crippen LogP contribution < -0.4 is 5.32 Å². The molecule has 1 N–H and O–H groups in total. The van der Waals surface area contributed by atoms with Gasteiger partial charge in [-0.3, -0.25) is 4.79 Å². The number of methoxy groups -OCH3 is 1. The Labute approximate surface area is 338 Å². The third-order valence-corrected chi connectivity index (χ3v) is 23.8. The van der Waals surface area contributed by atoms with Crippen LogP contribution in [0.25, 0.3) is 0 Å². The number of ether oxygens (including phenoxy) is 1. The Balaban J connectivity index is 2.95. The molecule has 0 aliphatic heterocycles. The van der Waals surface area contributed by atoms with Crippen molar-refractivity contribution in [1.29, 1.82) is 0 Å². The Hall–Kier alpha value is -1.28. The van der Waals surface area contributed by atoms with Crippen molar-refractivity contribution >= 4 is 44.0 Å². The van der Waals surface area contributed by atoms with Crippen LogP contribution in [-0.2, 0) is 28.2 Å². The maximum Gasteiger partial charge on any atom is 0.305 e. The highest BCUT2D eigenvalue weighted by Crippen LogP contribution is 2.52. The number of carbonyl (C=O) groups excluding carboxylic acids is 1. The van der Waals surface area contributed by atoms with Crippen molar-refractivity contribution in [2.75, 3.05) is 13.7 Å². The van der Waals surface area contributed by atoms with Crippen LogP contribution in [0, 0.1) is 5.92 Å². The Morgan fingerprint density at radius 3 is 2.11 bits per heavy atom. The van der Waals surface area contributed by atoms with Gasteiger partial charge in [0.2, 0.25) is 0 Å². The number of allylic oxidation sites excluding steroid dienone is 2. The van der Waals surface area contributed by atoms with Crippen molar-refractivity contribution in [3.63, 3.8) is 0 Å². The third kappa shape index (κ3) is 13.1. The van der Waals surface area contributed by atoms with Crippen LogP contribution in [0.15, 0.2) is 59.5 Å². The summed E-state index contributed by atoms with van der Waals surface area (Å²) in [4.78, 5) is 11.5. The van der Waals surface area contributed by atoms with Crippen molar-refractivity contribution in [1.82, 2.24) is 5.32 Å². The molecule has 1 aliphatic carbocycles. The van der Waals surface area contributed by atoms with Crippen LogP contribution in [0.1, 0.15) is 120 Å². The fourth-order valence-corrected chi connectivity index (χ4v) is 11.9. The van der Waals surface area contributed by atoms with Gasteiger partial charge >= 0.3 is 5.97 Å². The summed E-state index contributed by atoms with van der Waals surface area (Å²) in [6, 6.07) is 8.42. The summed E-state index contributed by atoms with van der Waals surface area (Å²) < 4.78 is 49.2. The van der Waals surface area contributed by atoms with E-state index in [0.29, 0.717) is 37.1 Å². The molecule has 2 rings (SSSR count). The molecule has 5 atom stereocenters. The SMILES string of the molecule is CCCCC[C@@H](/C=C/[C@H]1[C@H](O[Si](C)(C)C(C)(C)C)C[C@H](NCC(C)(C)Cl)[C@@]1(C/C=C\CCCC(=O)OC)S(=O)(=O)c1ccccc1)O[Si](C)(C)C(C)(C)C. The maximum atomic E-state index is 15.6. The summed E-state index contributed by atoms with van der Waals surface area (Å²) in [6.45, 7) is 29.1. The molecule has 0 amide bonds. The third-order valence-electron chi connectivity index (χ3n) is 12.1. The lowest BCUT2D eigenvalue weighted by molar-refractivity contribution is -0.140. The molecule has 0 unspecified atom stereocenters. The van der Waals surface area contributed by atoms with Gasteiger partial charge < -0.3 is 18.9 Å². The highest BCUT2D eigenvalue weighted by Gasteiger charge is 2.63. The molecule has 1 aliphatic rings. The normalized spacial score (nSPS) is 22.7. The van der Waals surface area contributed by atoms with Crippen LogP contribution in [0.4, 0.5) is 0 Å². The van der Waals surface area contributed by atoms with E-state index in [1.165, 1.54) is 7.11 Å². The van der Waals surface area contributed by atoms with E-state index in [9.17, 15) is 4.79 Å². The number of hydrogen-bond donors (Lipinski definition) is 1. The number of unbranched alkanes of at least 4 members (excludes halogenated alkanes) is 3. The summed E-state index contributed by atoms with van der Waals surface area (Å²) in [5.74, 6) is -0.747. The van der Waals surface area contributed by atoms with Crippen LogP contribution in [0.2, 0.25) is 36.3 Å². The molecule has 54 heavy (non-hydrogen) atoms. The van der Waals surface area contributed by atoms with Gasteiger partial charge in [0.25, 0.3) is 0 Å². The molecule has 1 aromatic rings. The van der Waals surface area contributed by atoms with Crippen LogP contribution in [0.5, 0.6) is 0 Å². The number of hydrogen-bond acceptors (Lipinski definition) is 7. The van der Waals surface area contributed by atoms with Crippen LogP contribution in [-0.4, -0.2) is 72.5 Å². The Bertz CT molecular complexity index is 1480. The first kappa shape index (κ1) is 48.9. The molecule has 0 radical (unpaired) electrons. The molecular weight excluding hydrogens is 750 g/mol. The lowest BCUT2D eigenvalue weighted by Crippen LogP contribution is -2.57. The molecule has 310 valence electrons. The first-order valence-electron chi connectivity index (χ1n) is 20.2. The van der Waals surface area contributed by atoms with Gasteiger partial charge in [-0.25, -0.2) is 8.42 Å². The highest BCUT2D eigenvalue weighted by atomic mass is 35.5. The molecule has 7 nitrogen and oxygen atoms in total. The van der Waals surface area contributed by atoms with E-state index in [-0.39, 0.29) is 34.7 Å². The molecule has 0 spiro atoms. The largest absolute Gasteiger partial charge is 0.469 e. The van der Waals surface area contributed by atoms with Gasteiger partial charge in [-0.05, 0) is 94.3 Å². The minimum Gasteiger partial charge on any atom is -0.469 e. The molecule has 1 fully saturated rings. The number of rotatable bonds is 21. The lowest BCUT2D eigenvalue weighted by atomic mass is 9.87. The number of carbonyl (C=O) groups is 1. The van der Waals surface area contributed by atoms with E-state index < -0.39 is 48.1 Å². The number of nitrogens with one attached hydrogen (secondary N) is 1. The average molecular weight is 827 g/mol. The summed E-state index contributed by atoms with van der Waals surface area (Å²) >= 11 is 6.82. The van der Waals surface area contributed by atoms with Crippen molar-refractivity contribution in [3.05, 3.63) is 54.6 Å². The quantitative estimate of drug-likeness (QED) is 0.0434. The second-order valence-electron chi connectivity index (χ2n) is 19.0. The number of esters is 1. The molecule has 1 aromatic carbocycles. The molecule has 0 bridgehead atoms. The van der Waals surface area contributed by atoms with E-state index in [0.717, 1.165) is 25.7 Å². The minimum absolute atomic E-state index is 0.0215. The lowest BCUT2D eigenvalue weighted by Gasteiger charge is -2.43. The Kier molecular flexibility index (Phi) is 18.0. The predicted octanol–water partition coefficient (Wildman–Crippen LogP) is 11.4. The first-order valence-corrected chi connectivity index (χ1v) is 27.9. The van der Waals surface area contributed by atoms with E-state index >= 15 is 8.42 Å². The molecular formula is C43H76ClNO6SSi2. The minimum atomic E-state index is -4.01. The summed E-state index contributed by atoms with van der Waals surface area (Å²) in [6.07, 6.45) is 14.3. The van der Waals surface area contributed by atoms with E-state index in [1.807, 2.05) is 32.1 Å². The Morgan fingerprint density at radius 2 is 1.57 bits per heavy atom. The highest BCUT2D eigenvalue weighted by molar-refractivity contribution is 7.93. The second kappa shape index (κ2) is 19.9. The topological polar surface area (TPSA) is 90.9 Å². The van der Waals surface area contributed by atoms with Gasteiger partial charge in [0, 0.05) is 24.9 Å². The zero-order valence-corrected chi connectivity index (χ0v) is 39.9. The maximum absolute atomic E-state index is 15.6. The van der Waals surface area contributed by atoms with Gasteiger partial charge in [-0.1, -0.05) is 110 Å². The van der Waals surface area contributed by atoms with Gasteiger partial charge in [0.1, 0.15) is 4.75 Å². The van der Waals surface area contributed by atoms with Crippen molar-refractivity contribution < 1.29 is 26.8 Å². The summed E-state index contributed by atoms with van der Waals surface area (Å²) in [5.41, 5.74) is 0. The van der Waals surface area contributed by atoms with Gasteiger partial charge in [0.15, 0.2) is 26.5 Å². The number of alkyl halides is 1. The number of sulfone groups is 1. The molecule has 0 heterocycles. The van der Waals surface area contributed by atoms with Crippen molar-refractivity contribution in [2.45, 2.75) is 189 Å². The molecule has 0 aromatic heterocycles. The smallest absolute Gasteiger partial charge is 0.305 e. The van der Waals surface area contributed by atoms with Gasteiger partial charge in [-0.15, -0.1) is 11.6 Å². The standard InChI is InChI=1S/C43H76ClNO6SSi2/c1-15-16-20-25-34(50-53(11,12)40(2,3)4)29-30-36-37(51-54(13,14)41(5,6)7)32-38(45-33-42(8,9)44)43(36,31-24-18-17-23-28-39(46)49-10)52(47,48)35-26-21-19-22-27-35/h18-19,21-22,24,26-27,29-30,34,36-38,45H,15-17,20,23,25,28,31-33H2,1-14H3/b24-18-,30-29+/t34-,36-,37+,38-,43-/m0/s1. The van der Waals surface area contributed by atoms with E-state index in [2.05, 4.69) is 92.1 Å².